The molecule has 2 N–H and O–H groups in total. The number of carbonyl (C=O) groups excluding carboxylic acids is 1. The number of amides is 1. The van der Waals surface area contributed by atoms with Gasteiger partial charge >= 0.3 is 5.97 Å². The van der Waals surface area contributed by atoms with Crippen molar-refractivity contribution in [2.75, 3.05) is 0 Å². The molecule has 0 spiro atoms. The molecule has 0 radical (unpaired) electrons. The zero-order valence-corrected chi connectivity index (χ0v) is 10.6. The summed E-state index contributed by atoms with van der Waals surface area (Å²) in [6.07, 6.45) is 2.14. The first-order chi connectivity index (χ1) is 8.08. The van der Waals surface area contributed by atoms with Crippen molar-refractivity contribution in [1.29, 1.82) is 0 Å². The molecule has 0 saturated heterocycles. The van der Waals surface area contributed by atoms with Gasteiger partial charge in [0.05, 0.1) is 5.92 Å². The molecule has 2 atom stereocenters. The molecule has 1 amide bonds. The molecule has 2 rings (SSSR count). The minimum Gasteiger partial charge on any atom is -0.481 e. The summed E-state index contributed by atoms with van der Waals surface area (Å²) in [5.41, 5.74) is 0. The smallest absolute Gasteiger partial charge is 0.308 e. The summed E-state index contributed by atoms with van der Waals surface area (Å²) >= 11 is 3.11. The fraction of sp³-hybridized carbons (Fsp3) is 0.455. The Bertz CT molecular complexity index is 442. The summed E-state index contributed by atoms with van der Waals surface area (Å²) in [5, 5.41) is 11.7. The topological polar surface area (TPSA) is 79.5 Å². The van der Waals surface area contributed by atoms with Crippen LogP contribution in [0.4, 0.5) is 0 Å². The highest BCUT2D eigenvalue weighted by Gasteiger charge is 2.34. The van der Waals surface area contributed by atoms with E-state index in [2.05, 4.69) is 21.2 Å². The third-order valence-electron chi connectivity index (χ3n) is 2.95. The molecule has 1 fully saturated rings. The average Bonchev–Trinajstić information content (AvgIpc) is 2.86. The van der Waals surface area contributed by atoms with Crippen molar-refractivity contribution in [2.24, 2.45) is 5.92 Å². The number of rotatable bonds is 3. The van der Waals surface area contributed by atoms with Gasteiger partial charge in [0.2, 0.25) is 0 Å². The molecular formula is C11H12BrNO4. The standard InChI is InChI=1S/C11H12BrNO4/c12-9-5-4-8(17-9)10(14)13-7-3-1-2-6(7)11(15)16/h4-7H,1-3H2,(H,13,14)(H,15,16). The van der Waals surface area contributed by atoms with Crippen LogP contribution < -0.4 is 5.32 Å². The number of hydrogen-bond acceptors (Lipinski definition) is 3. The van der Waals surface area contributed by atoms with Crippen molar-refractivity contribution in [2.45, 2.75) is 25.3 Å². The van der Waals surface area contributed by atoms with Gasteiger partial charge in [-0.1, -0.05) is 6.42 Å². The Morgan fingerprint density at radius 3 is 2.76 bits per heavy atom. The molecule has 6 heteroatoms. The van der Waals surface area contributed by atoms with Gasteiger partial charge in [0.25, 0.3) is 5.91 Å². The van der Waals surface area contributed by atoms with Crippen LogP contribution >= 0.6 is 15.9 Å². The molecule has 1 aromatic heterocycles. The first-order valence-corrected chi connectivity index (χ1v) is 6.16. The summed E-state index contributed by atoms with van der Waals surface area (Å²) in [7, 11) is 0. The van der Waals surface area contributed by atoms with E-state index >= 15 is 0 Å². The molecule has 1 heterocycles. The predicted molar refractivity (Wildman–Crippen MR) is 62.6 cm³/mol. The largest absolute Gasteiger partial charge is 0.481 e. The molecule has 17 heavy (non-hydrogen) atoms. The molecule has 1 aliphatic carbocycles. The normalized spacial score (nSPS) is 23.6. The van der Waals surface area contributed by atoms with Crippen molar-refractivity contribution in [3.63, 3.8) is 0 Å². The molecule has 1 saturated carbocycles. The summed E-state index contributed by atoms with van der Waals surface area (Å²) < 4.78 is 5.58. The Hall–Kier alpha value is -1.30. The fourth-order valence-corrected chi connectivity index (χ4v) is 2.41. The van der Waals surface area contributed by atoms with E-state index in [9.17, 15) is 9.59 Å². The molecule has 0 aliphatic heterocycles. The maximum atomic E-state index is 11.8. The third-order valence-corrected chi connectivity index (χ3v) is 3.37. The summed E-state index contributed by atoms with van der Waals surface area (Å²) in [6, 6.07) is 2.87. The van der Waals surface area contributed by atoms with E-state index in [1.54, 1.807) is 12.1 Å². The second-order valence-electron chi connectivity index (χ2n) is 4.06. The Morgan fingerprint density at radius 1 is 1.41 bits per heavy atom. The fourth-order valence-electron chi connectivity index (χ4n) is 2.10. The predicted octanol–water partition coefficient (Wildman–Crippen LogP) is 2.03. The van der Waals surface area contributed by atoms with Crippen molar-refractivity contribution >= 4 is 27.8 Å². The van der Waals surface area contributed by atoms with Gasteiger partial charge in [0, 0.05) is 6.04 Å². The van der Waals surface area contributed by atoms with Crippen LogP contribution in [-0.2, 0) is 4.79 Å². The maximum Gasteiger partial charge on any atom is 0.308 e. The van der Waals surface area contributed by atoms with Gasteiger partial charge in [-0.2, -0.15) is 0 Å². The lowest BCUT2D eigenvalue weighted by Gasteiger charge is -2.16. The number of hydrogen-bond donors (Lipinski definition) is 2. The van der Waals surface area contributed by atoms with E-state index in [4.69, 9.17) is 9.52 Å². The first kappa shape index (κ1) is 12.2. The monoisotopic (exact) mass is 301 g/mol. The van der Waals surface area contributed by atoms with Crippen molar-refractivity contribution in [3.8, 4) is 0 Å². The SMILES string of the molecule is O=C(NC1CCCC1C(=O)O)c1ccc(Br)o1. The van der Waals surface area contributed by atoms with Gasteiger partial charge in [-0.05, 0) is 40.9 Å². The summed E-state index contributed by atoms with van der Waals surface area (Å²) in [6.45, 7) is 0. The van der Waals surface area contributed by atoms with Crippen molar-refractivity contribution in [1.82, 2.24) is 5.32 Å². The van der Waals surface area contributed by atoms with Crippen LogP contribution in [0.3, 0.4) is 0 Å². The molecule has 5 nitrogen and oxygen atoms in total. The average molecular weight is 302 g/mol. The highest BCUT2D eigenvalue weighted by molar-refractivity contribution is 9.10. The van der Waals surface area contributed by atoms with Gasteiger partial charge in [0.1, 0.15) is 0 Å². The zero-order valence-electron chi connectivity index (χ0n) is 8.98. The second kappa shape index (κ2) is 4.91. The van der Waals surface area contributed by atoms with Gasteiger partial charge < -0.3 is 14.8 Å². The number of furan rings is 1. The Morgan fingerprint density at radius 2 is 2.18 bits per heavy atom. The lowest BCUT2D eigenvalue weighted by atomic mass is 10.0. The number of halogens is 1. The second-order valence-corrected chi connectivity index (χ2v) is 4.84. The third kappa shape index (κ3) is 2.69. The van der Waals surface area contributed by atoms with Crippen molar-refractivity contribution in [3.05, 3.63) is 22.6 Å². The van der Waals surface area contributed by atoms with E-state index in [0.29, 0.717) is 17.5 Å². The first-order valence-electron chi connectivity index (χ1n) is 5.37. The summed E-state index contributed by atoms with van der Waals surface area (Å²) in [5.74, 6) is -1.52. The van der Waals surface area contributed by atoms with E-state index < -0.39 is 11.9 Å². The Balaban J connectivity index is 2.01. The lowest BCUT2D eigenvalue weighted by molar-refractivity contribution is -0.142. The quantitative estimate of drug-likeness (QED) is 0.895. The molecular weight excluding hydrogens is 290 g/mol. The van der Waals surface area contributed by atoms with Gasteiger partial charge in [-0.15, -0.1) is 0 Å². The number of aliphatic carboxylic acids is 1. The van der Waals surface area contributed by atoms with Crippen LogP contribution in [0.2, 0.25) is 0 Å². The van der Waals surface area contributed by atoms with Crippen LogP contribution in [0.25, 0.3) is 0 Å². The van der Waals surface area contributed by atoms with Gasteiger partial charge in [-0.3, -0.25) is 9.59 Å². The number of carbonyl (C=O) groups is 2. The Kier molecular flexibility index (Phi) is 3.51. The number of carboxylic acid groups (broad SMARTS) is 1. The lowest BCUT2D eigenvalue weighted by Crippen LogP contribution is -2.40. The van der Waals surface area contributed by atoms with E-state index in [-0.39, 0.29) is 17.7 Å². The molecule has 92 valence electrons. The minimum absolute atomic E-state index is 0.188. The molecule has 1 aliphatic rings. The van der Waals surface area contributed by atoms with E-state index in [1.165, 1.54) is 0 Å². The highest BCUT2D eigenvalue weighted by Crippen LogP contribution is 2.26. The van der Waals surface area contributed by atoms with Crippen LogP contribution in [0.1, 0.15) is 29.8 Å². The Labute approximate surface area is 106 Å². The number of nitrogens with one attached hydrogen (secondary N) is 1. The van der Waals surface area contributed by atoms with E-state index in [1.807, 2.05) is 0 Å². The molecule has 2 unspecified atom stereocenters. The van der Waals surface area contributed by atoms with E-state index in [0.717, 1.165) is 6.42 Å². The van der Waals surface area contributed by atoms with Crippen LogP contribution in [0.15, 0.2) is 21.2 Å². The van der Waals surface area contributed by atoms with Gasteiger partial charge in [0.15, 0.2) is 10.4 Å². The number of carboxylic acids is 1. The highest BCUT2D eigenvalue weighted by atomic mass is 79.9. The minimum atomic E-state index is -0.853. The molecule has 0 bridgehead atoms. The molecule has 0 aromatic carbocycles. The summed E-state index contributed by atoms with van der Waals surface area (Å²) in [4.78, 5) is 22.7. The van der Waals surface area contributed by atoms with Gasteiger partial charge in [-0.25, -0.2) is 0 Å². The van der Waals surface area contributed by atoms with Crippen LogP contribution in [0.5, 0.6) is 0 Å². The van der Waals surface area contributed by atoms with Crippen LogP contribution in [-0.4, -0.2) is 23.0 Å². The zero-order chi connectivity index (χ0) is 12.4. The van der Waals surface area contributed by atoms with Crippen LogP contribution in [0, 0.1) is 5.92 Å². The van der Waals surface area contributed by atoms with Crippen molar-refractivity contribution < 1.29 is 19.1 Å². The molecule has 1 aromatic rings. The maximum absolute atomic E-state index is 11.8.